The van der Waals surface area contributed by atoms with Crippen LogP contribution >= 0.6 is 11.8 Å². The summed E-state index contributed by atoms with van der Waals surface area (Å²) >= 11 is 1.62. The number of aromatic nitrogens is 3. The predicted molar refractivity (Wildman–Crippen MR) is 106 cm³/mol. The van der Waals surface area contributed by atoms with E-state index in [1.165, 1.54) is 0 Å². The molecule has 0 atom stereocenters. The van der Waals surface area contributed by atoms with Crippen molar-refractivity contribution in [1.82, 2.24) is 14.8 Å². The third-order valence-electron chi connectivity index (χ3n) is 4.07. The zero-order valence-electron chi connectivity index (χ0n) is 14.9. The highest BCUT2D eigenvalue weighted by atomic mass is 32.2. The zero-order valence-corrected chi connectivity index (χ0v) is 15.7. The van der Waals surface area contributed by atoms with Crippen molar-refractivity contribution in [2.24, 2.45) is 0 Å². The Balaban J connectivity index is 1.55. The smallest absolute Gasteiger partial charge is 0.196 e. The number of furan rings is 1. The molecule has 0 unspecified atom stereocenters. The van der Waals surface area contributed by atoms with E-state index in [4.69, 9.17) is 9.15 Å². The van der Waals surface area contributed by atoms with Gasteiger partial charge in [0.25, 0.3) is 0 Å². The number of benzene rings is 2. The lowest BCUT2D eigenvalue weighted by atomic mass is 10.2. The van der Waals surface area contributed by atoms with Crippen LogP contribution in [-0.4, -0.2) is 27.1 Å². The standard InChI is InChI=1S/C21H19N3O2S/c1-16-19(12-13-25-16)20-22-23-21(24(20)17-8-4-2-5-9-17)27-15-14-26-18-10-6-3-7-11-18/h2-13H,14-15H2,1H3. The molecule has 0 spiro atoms. The second-order valence-corrected chi connectivity index (χ2v) is 6.94. The third-order valence-corrected chi connectivity index (χ3v) is 4.97. The van der Waals surface area contributed by atoms with Crippen LogP contribution in [0.5, 0.6) is 5.75 Å². The molecule has 0 radical (unpaired) electrons. The van der Waals surface area contributed by atoms with Crippen molar-refractivity contribution in [3.63, 3.8) is 0 Å². The van der Waals surface area contributed by atoms with Crippen molar-refractivity contribution in [3.8, 4) is 22.8 Å². The molecule has 0 bridgehead atoms. The summed E-state index contributed by atoms with van der Waals surface area (Å²) in [6.45, 7) is 2.52. The van der Waals surface area contributed by atoms with E-state index in [2.05, 4.69) is 14.8 Å². The fraction of sp³-hybridized carbons (Fsp3) is 0.143. The van der Waals surface area contributed by atoms with Gasteiger partial charge in [-0.1, -0.05) is 48.2 Å². The lowest BCUT2D eigenvalue weighted by molar-refractivity contribution is 0.344. The maximum Gasteiger partial charge on any atom is 0.196 e. The Kier molecular flexibility index (Phi) is 5.25. The number of hydrogen-bond donors (Lipinski definition) is 0. The zero-order chi connectivity index (χ0) is 18.5. The van der Waals surface area contributed by atoms with Gasteiger partial charge in [-0.3, -0.25) is 4.57 Å². The molecule has 0 saturated heterocycles. The van der Waals surface area contributed by atoms with E-state index in [1.54, 1.807) is 18.0 Å². The molecule has 0 aliphatic carbocycles. The van der Waals surface area contributed by atoms with Gasteiger partial charge in [-0.15, -0.1) is 10.2 Å². The highest BCUT2D eigenvalue weighted by Gasteiger charge is 2.18. The molecule has 6 heteroatoms. The Morgan fingerprint density at radius 3 is 2.41 bits per heavy atom. The Labute approximate surface area is 162 Å². The van der Waals surface area contributed by atoms with Crippen molar-refractivity contribution in [2.45, 2.75) is 12.1 Å². The first-order valence-electron chi connectivity index (χ1n) is 8.69. The van der Waals surface area contributed by atoms with E-state index >= 15 is 0 Å². The number of rotatable bonds is 7. The molecule has 2 heterocycles. The highest BCUT2D eigenvalue weighted by Crippen LogP contribution is 2.30. The SMILES string of the molecule is Cc1occc1-c1nnc(SCCOc2ccccc2)n1-c1ccccc1. The van der Waals surface area contributed by atoms with E-state index in [0.717, 1.165) is 39.5 Å². The molecule has 27 heavy (non-hydrogen) atoms. The molecule has 0 saturated carbocycles. The average Bonchev–Trinajstić information content (AvgIpc) is 3.32. The van der Waals surface area contributed by atoms with Crippen LogP contribution in [0.15, 0.2) is 82.6 Å². The average molecular weight is 377 g/mol. The molecule has 0 N–H and O–H groups in total. The number of hydrogen-bond acceptors (Lipinski definition) is 5. The minimum Gasteiger partial charge on any atom is -0.493 e. The summed E-state index contributed by atoms with van der Waals surface area (Å²) < 4.78 is 13.3. The molecular formula is C21H19N3O2S. The van der Waals surface area contributed by atoms with E-state index in [9.17, 15) is 0 Å². The maximum absolute atomic E-state index is 5.78. The number of para-hydroxylation sites is 2. The van der Waals surface area contributed by atoms with Crippen molar-refractivity contribution < 1.29 is 9.15 Å². The summed E-state index contributed by atoms with van der Waals surface area (Å²) in [6, 6.07) is 21.9. The van der Waals surface area contributed by atoms with Crippen molar-refractivity contribution in [1.29, 1.82) is 0 Å². The van der Waals surface area contributed by atoms with Gasteiger partial charge in [0.2, 0.25) is 0 Å². The molecule has 0 fully saturated rings. The first-order valence-corrected chi connectivity index (χ1v) is 9.67. The Morgan fingerprint density at radius 2 is 1.70 bits per heavy atom. The molecule has 4 aromatic rings. The van der Waals surface area contributed by atoms with Gasteiger partial charge in [0.15, 0.2) is 11.0 Å². The summed E-state index contributed by atoms with van der Waals surface area (Å²) in [4.78, 5) is 0. The quantitative estimate of drug-likeness (QED) is 0.335. The summed E-state index contributed by atoms with van der Waals surface area (Å²) in [5.41, 5.74) is 1.96. The van der Waals surface area contributed by atoms with E-state index in [-0.39, 0.29) is 0 Å². The Morgan fingerprint density at radius 1 is 0.963 bits per heavy atom. The largest absolute Gasteiger partial charge is 0.493 e. The molecule has 136 valence electrons. The van der Waals surface area contributed by atoms with Crippen molar-refractivity contribution in [3.05, 3.63) is 78.8 Å². The maximum atomic E-state index is 5.78. The summed E-state index contributed by atoms with van der Waals surface area (Å²) in [6.07, 6.45) is 1.68. The second-order valence-electron chi connectivity index (χ2n) is 5.88. The summed E-state index contributed by atoms with van der Waals surface area (Å²) in [5, 5.41) is 9.66. The first-order chi connectivity index (χ1) is 13.3. The molecule has 0 aliphatic heterocycles. The second kappa shape index (κ2) is 8.14. The molecule has 0 aliphatic rings. The van der Waals surface area contributed by atoms with Crippen LogP contribution in [0.4, 0.5) is 0 Å². The van der Waals surface area contributed by atoms with Crippen LogP contribution in [0.25, 0.3) is 17.1 Å². The monoisotopic (exact) mass is 377 g/mol. The predicted octanol–water partition coefficient (Wildman–Crippen LogP) is 5.01. The molecule has 0 amide bonds. The lowest BCUT2D eigenvalue weighted by Gasteiger charge is -2.10. The third kappa shape index (κ3) is 3.90. The highest BCUT2D eigenvalue weighted by molar-refractivity contribution is 7.99. The van der Waals surface area contributed by atoms with E-state index < -0.39 is 0 Å². The van der Waals surface area contributed by atoms with Crippen LogP contribution in [0, 0.1) is 6.92 Å². The van der Waals surface area contributed by atoms with E-state index in [1.807, 2.05) is 73.7 Å². The minimum atomic E-state index is 0.594. The topological polar surface area (TPSA) is 53.1 Å². The molecular weight excluding hydrogens is 358 g/mol. The molecule has 2 aromatic carbocycles. The van der Waals surface area contributed by atoms with Gasteiger partial charge in [0.05, 0.1) is 18.4 Å². The summed E-state index contributed by atoms with van der Waals surface area (Å²) in [5.74, 6) is 3.24. The van der Waals surface area contributed by atoms with Gasteiger partial charge in [-0.05, 0) is 37.3 Å². The van der Waals surface area contributed by atoms with Crippen LogP contribution in [0.1, 0.15) is 5.76 Å². The normalized spacial score (nSPS) is 10.9. The molecule has 2 aromatic heterocycles. The van der Waals surface area contributed by atoms with Crippen LogP contribution < -0.4 is 4.74 Å². The van der Waals surface area contributed by atoms with Crippen LogP contribution in [0.2, 0.25) is 0 Å². The van der Waals surface area contributed by atoms with Crippen LogP contribution in [0.3, 0.4) is 0 Å². The van der Waals surface area contributed by atoms with E-state index in [0.29, 0.717) is 6.61 Å². The van der Waals surface area contributed by atoms with Gasteiger partial charge in [-0.2, -0.15) is 0 Å². The van der Waals surface area contributed by atoms with Gasteiger partial charge < -0.3 is 9.15 Å². The number of nitrogens with zero attached hydrogens (tertiary/aromatic N) is 3. The number of thioether (sulfide) groups is 1. The molecule has 4 rings (SSSR count). The van der Waals surface area contributed by atoms with Crippen molar-refractivity contribution >= 4 is 11.8 Å². The summed E-state index contributed by atoms with van der Waals surface area (Å²) in [7, 11) is 0. The van der Waals surface area contributed by atoms with Gasteiger partial charge in [0, 0.05) is 11.4 Å². The fourth-order valence-corrected chi connectivity index (χ4v) is 3.54. The van der Waals surface area contributed by atoms with Gasteiger partial charge >= 0.3 is 0 Å². The Hall–Kier alpha value is -2.99. The Bertz CT molecular complexity index is 997. The minimum absolute atomic E-state index is 0.594. The van der Waals surface area contributed by atoms with Crippen molar-refractivity contribution in [2.75, 3.05) is 12.4 Å². The van der Waals surface area contributed by atoms with Gasteiger partial charge in [-0.25, -0.2) is 0 Å². The van der Waals surface area contributed by atoms with Gasteiger partial charge in [0.1, 0.15) is 11.5 Å². The number of aryl methyl sites for hydroxylation is 1. The first kappa shape index (κ1) is 17.4. The fourth-order valence-electron chi connectivity index (χ4n) is 2.77. The lowest BCUT2D eigenvalue weighted by Crippen LogP contribution is -2.03. The molecule has 5 nitrogen and oxygen atoms in total. The van der Waals surface area contributed by atoms with Crippen LogP contribution in [-0.2, 0) is 0 Å². The number of ether oxygens (including phenoxy) is 1.